The zero-order valence-corrected chi connectivity index (χ0v) is 18.0. The molecule has 2 atom stereocenters. The zero-order valence-electron chi connectivity index (χ0n) is 18.0. The standard InChI is InChI=1S/C24H31FN4O2/c1-2-3-16-31-23-7-5-4-6-20(23)21-17-22(27-26-21)24(30)29-14-12-28(13-15-29)19-10-8-18(25)9-11-19/h4-11,21-22,26-27H,2-3,12-17H2,1H3. The molecule has 0 aromatic heterocycles. The van der Waals surface area contributed by atoms with Crippen LogP contribution >= 0.6 is 0 Å². The van der Waals surface area contributed by atoms with Crippen LogP contribution in [-0.4, -0.2) is 49.6 Å². The number of carbonyl (C=O) groups excluding carboxylic acids is 1. The van der Waals surface area contributed by atoms with E-state index in [1.165, 1.54) is 12.1 Å². The van der Waals surface area contributed by atoms with Gasteiger partial charge in [-0.2, -0.15) is 0 Å². The summed E-state index contributed by atoms with van der Waals surface area (Å²) in [6.07, 6.45) is 2.80. The molecule has 0 spiro atoms. The molecule has 2 aliphatic heterocycles. The predicted molar refractivity (Wildman–Crippen MR) is 119 cm³/mol. The van der Waals surface area contributed by atoms with Crippen molar-refractivity contribution in [2.45, 2.75) is 38.3 Å². The van der Waals surface area contributed by atoms with Crippen LogP contribution in [0.3, 0.4) is 0 Å². The Bertz CT molecular complexity index is 868. The first kappa shape index (κ1) is 21.6. The Labute approximate surface area is 183 Å². The third kappa shape index (κ3) is 5.17. The second-order valence-corrected chi connectivity index (χ2v) is 8.16. The fourth-order valence-corrected chi connectivity index (χ4v) is 4.21. The average molecular weight is 427 g/mol. The SMILES string of the molecule is CCCCOc1ccccc1C1CC(C(=O)N2CCN(c3ccc(F)cc3)CC2)NN1. The van der Waals surface area contributed by atoms with E-state index in [9.17, 15) is 9.18 Å². The Balaban J connectivity index is 1.32. The first-order valence-electron chi connectivity index (χ1n) is 11.2. The van der Waals surface area contributed by atoms with E-state index >= 15 is 0 Å². The zero-order chi connectivity index (χ0) is 21.6. The van der Waals surface area contributed by atoms with Gasteiger partial charge < -0.3 is 14.5 Å². The minimum Gasteiger partial charge on any atom is -0.493 e. The van der Waals surface area contributed by atoms with E-state index in [2.05, 4.69) is 28.7 Å². The van der Waals surface area contributed by atoms with Crippen molar-refractivity contribution in [3.8, 4) is 5.75 Å². The van der Waals surface area contributed by atoms with Gasteiger partial charge in [-0.3, -0.25) is 4.79 Å². The number of amides is 1. The van der Waals surface area contributed by atoms with Crippen molar-refractivity contribution in [3.63, 3.8) is 0 Å². The minimum absolute atomic E-state index is 0.0345. The molecule has 0 saturated carbocycles. The van der Waals surface area contributed by atoms with Gasteiger partial charge in [0, 0.05) is 37.4 Å². The van der Waals surface area contributed by atoms with Crippen LogP contribution in [0.15, 0.2) is 48.5 Å². The molecule has 2 unspecified atom stereocenters. The predicted octanol–water partition coefficient (Wildman–Crippen LogP) is 3.26. The van der Waals surface area contributed by atoms with Crippen molar-refractivity contribution >= 4 is 11.6 Å². The van der Waals surface area contributed by atoms with Gasteiger partial charge in [-0.25, -0.2) is 15.2 Å². The molecular weight excluding hydrogens is 395 g/mol. The van der Waals surface area contributed by atoms with Crippen molar-refractivity contribution in [1.29, 1.82) is 0 Å². The van der Waals surface area contributed by atoms with Gasteiger partial charge in [-0.1, -0.05) is 31.5 Å². The number of nitrogens with zero attached hydrogens (tertiary/aromatic N) is 2. The van der Waals surface area contributed by atoms with E-state index in [-0.39, 0.29) is 23.8 Å². The Hall–Kier alpha value is -2.64. The number of para-hydroxylation sites is 1. The molecule has 2 N–H and O–H groups in total. The van der Waals surface area contributed by atoms with Crippen LogP contribution < -0.4 is 20.5 Å². The summed E-state index contributed by atoms with van der Waals surface area (Å²) in [5.41, 5.74) is 8.56. The second-order valence-electron chi connectivity index (χ2n) is 8.16. The summed E-state index contributed by atoms with van der Waals surface area (Å²) in [6.45, 7) is 5.66. The van der Waals surface area contributed by atoms with E-state index in [1.54, 1.807) is 12.1 Å². The summed E-state index contributed by atoms with van der Waals surface area (Å²) in [5.74, 6) is 0.777. The molecule has 2 aliphatic rings. The first-order valence-corrected chi connectivity index (χ1v) is 11.2. The number of hydrogen-bond donors (Lipinski definition) is 2. The van der Waals surface area contributed by atoms with Crippen LogP contribution in [0.2, 0.25) is 0 Å². The summed E-state index contributed by atoms with van der Waals surface area (Å²) >= 11 is 0. The maximum Gasteiger partial charge on any atom is 0.241 e. The maximum atomic E-state index is 13.2. The highest BCUT2D eigenvalue weighted by atomic mass is 19.1. The molecule has 0 radical (unpaired) electrons. The van der Waals surface area contributed by atoms with E-state index in [1.807, 2.05) is 23.1 Å². The van der Waals surface area contributed by atoms with Crippen LogP contribution in [0.1, 0.15) is 37.8 Å². The molecule has 2 aromatic carbocycles. The second kappa shape index (κ2) is 10.1. The van der Waals surface area contributed by atoms with E-state index in [0.717, 1.165) is 42.9 Å². The summed E-state index contributed by atoms with van der Waals surface area (Å²) in [6, 6.07) is 14.4. The van der Waals surface area contributed by atoms with Crippen molar-refractivity contribution in [2.75, 3.05) is 37.7 Å². The Morgan fingerprint density at radius 1 is 1.06 bits per heavy atom. The van der Waals surface area contributed by atoms with Gasteiger partial charge in [0.2, 0.25) is 5.91 Å². The van der Waals surface area contributed by atoms with Crippen molar-refractivity contribution in [3.05, 3.63) is 59.9 Å². The summed E-state index contributed by atoms with van der Waals surface area (Å²) in [4.78, 5) is 17.2. The fraction of sp³-hybridized carbons (Fsp3) is 0.458. The topological polar surface area (TPSA) is 56.8 Å². The van der Waals surface area contributed by atoms with Gasteiger partial charge in [0.15, 0.2) is 0 Å². The van der Waals surface area contributed by atoms with E-state index < -0.39 is 0 Å². The number of hydrogen-bond acceptors (Lipinski definition) is 5. The van der Waals surface area contributed by atoms with E-state index in [0.29, 0.717) is 26.1 Å². The lowest BCUT2D eigenvalue weighted by molar-refractivity contribution is -0.133. The number of anilines is 1. The average Bonchev–Trinajstić information content (AvgIpc) is 3.30. The van der Waals surface area contributed by atoms with Gasteiger partial charge in [-0.05, 0) is 43.2 Å². The fourth-order valence-electron chi connectivity index (χ4n) is 4.21. The number of rotatable bonds is 7. The molecule has 1 amide bonds. The lowest BCUT2D eigenvalue weighted by atomic mass is 10.0. The molecule has 166 valence electrons. The van der Waals surface area contributed by atoms with Gasteiger partial charge in [0.25, 0.3) is 0 Å². The summed E-state index contributed by atoms with van der Waals surface area (Å²) in [5, 5.41) is 0. The smallest absolute Gasteiger partial charge is 0.241 e. The van der Waals surface area contributed by atoms with Gasteiger partial charge in [0.05, 0.1) is 12.6 Å². The Kier molecular flexibility index (Phi) is 7.04. The molecule has 0 bridgehead atoms. The number of ether oxygens (including phenoxy) is 1. The minimum atomic E-state index is -0.258. The Morgan fingerprint density at radius 2 is 1.81 bits per heavy atom. The molecule has 2 aromatic rings. The number of benzene rings is 2. The highest BCUT2D eigenvalue weighted by Crippen LogP contribution is 2.31. The summed E-state index contributed by atoms with van der Waals surface area (Å²) in [7, 11) is 0. The maximum absolute atomic E-state index is 13.2. The number of nitrogens with one attached hydrogen (secondary N) is 2. The number of unbranched alkanes of at least 4 members (excludes halogenated alkanes) is 1. The van der Waals surface area contributed by atoms with Crippen LogP contribution in [0, 0.1) is 5.82 Å². The molecule has 2 fully saturated rings. The molecule has 2 heterocycles. The number of halogens is 1. The third-order valence-corrected chi connectivity index (χ3v) is 6.03. The lowest BCUT2D eigenvalue weighted by Gasteiger charge is -2.37. The lowest BCUT2D eigenvalue weighted by Crippen LogP contribution is -2.53. The molecule has 2 saturated heterocycles. The monoisotopic (exact) mass is 426 g/mol. The molecule has 31 heavy (non-hydrogen) atoms. The molecule has 4 rings (SSSR count). The molecule has 6 nitrogen and oxygen atoms in total. The summed E-state index contributed by atoms with van der Waals surface area (Å²) < 4.78 is 19.1. The first-order chi connectivity index (χ1) is 15.2. The molecule has 0 aliphatic carbocycles. The quantitative estimate of drug-likeness (QED) is 0.666. The van der Waals surface area contributed by atoms with Gasteiger partial charge >= 0.3 is 0 Å². The van der Waals surface area contributed by atoms with Crippen molar-refractivity contribution in [2.24, 2.45) is 0 Å². The van der Waals surface area contributed by atoms with Gasteiger partial charge in [0.1, 0.15) is 17.6 Å². The number of carbonyl (C=O) groups is 1. The number of piperazine rings is 1. The normalized spacial score (nSPS) is 21.4. The molecule has 7 heteroatoms. The van der Waals surface area contributed by atoms with Crippen LogP contribution in [0.5, 0.6) is 5.75 Å². The number of hydrazine groups is 1. The highest BCUT2D eigenvalue weighted by molar-refractivity contribution is 5.82. The van der Waals surface area contributed by atoms with Crippen LogP contribution in [0.4, 0.5) is 10.1 Å². The molecular formula is C24H31FN4O2. The largest absolute Gasteiger partial charge is 0.493 e. The van der Waals surface area contributed by atoms with Crippen molar-refractivity contribution in [1.82, 2.24) is 15.8 Å². The van der Waals surface area contributed by atoms with Crippen LogP contribution in [-0.2, 0) is 4.79 Å². The Morgan fingerprint density at radius 3 is 2.55 bits per heavy atom. The van der Waals surface area contributed by atoms with E-state index in [4.69, 9.17) is 4.74 Å². The van der Waals surface area contributed by atoms with Crippen LogP contribution in [0.25, 0.3) is 0 Å². The van der Waals surface area contributed by atoms with Crippen molar-refractivity contribution < 1.29 is 13.9 Å². The highest BCUT2D eigenvalue weighted by Gasteiger charge is 2.35. The van der Waals surface area contributed by atoms with Gasteiger partial charge in [-0.15, -0.1) is 0 Å². The third-order valence-electron chi connectivity index (χ3n) is 6.03.